The van der Waals surface area contributed by atoms with Gasteiger partial charge in [-0.3, -0.25) is 4.79 Å². The lowest BCUT2D eigenvalue weighted by molar-refractivity contribution is 0.102. The van der Waals surface area contributed by atoms with E-state index in [1.54, 1.807) is 36.4 Å². The number of nitrogens with zero attached hydrogens (tertiary/aromatic N) is 3. The van der Waals surface area contributed by atoms with Crippen LogP contribution in [0.15, 0.2) is 60.7 Å². The Morgan fingerprint density at radius 1 is 1.08 bits per heavy atom. The molecule has 0 saturated heterocycles. The van der Waals surface area contributed by atoms with Crippen LogP contribution >= 0.6 is 0 Å². The molecule has 6 nitrogen and oxygen atoms in total. The van der Waals surface area contributed by atoms with Gasteiger partial charge in [0.1, 0.15) is 5.82 Å². The maximum absolute atomic E-state index is 12.2. The topological polar surface area (TPSA) is 90.7 Å². The average Bonchev–Trinajstić information content (AvgIpc) is 2.67. The molecular formula is C20H17N5O. The SMILES string of the molecule is Cc1cccc(CNc2ccc(C(=O)Nc3ccc(C#N)cc3)nn2)c1. The number of hydrogen-bond acceptors (Lipinski definition) is 5. The molecule has 0 spiro atoms. The third-order valence-corrected chi connectivity index (χ3v) is 3.73. The number of amides is 1. The molecular weight excluding hydrogens is 326 g/mol. The summed E-state index contributed by atoms with van der Waals surface area (Å²) in [5.41, 5.74) is 3.69. The van der Waals surface area contributed by atoms with Gasteiger partial charge in [-0.25, -0.2) is 0 Å². The fourth-order valence-electron chi connectivity index (χ4n) is 2.39. The molecule has 26 heavy (non-hydrogen) atoms. The predicted molar refractivity (Wildman–Crippen MR) is 99.6 cm³/mol. The summed E-state index contributed by atoms with van der Waals surface area (Å²) < 4.78 is 0. The average molecular weight is 343 g/mol. The third kappa shape index (κ3) is 4.42. The summed E-state index contributed by atoms with van der Waals surface area (Å²) in [5.74, 6) is 0.244. The van der Waals surface area contributed by atoms with Gasteiger partial charge in [0.05, 0.1) is 11.6 Å². The van der Waals surface area contributed by atoms with Gasteiger partial charge in [-0.2, -0.15) is 5.26 Å². The normalized spacial score (nSPS) is 10.0. The van der Waals surface area contributed by atoms with E-state index >= 15 is 0 Å². The van der Waals surface area contributed by atoms with Crippen molar-refractivity contribution in [1.82, 2.24) is 10.2 Å². The third-order valence-electron chi connectivity index (χ3n) is 3.73. The number of rotatable bonds is 5. The standard InChI is InChI=1S/C20H17N5O/c1-14-3-2-4-16(11-14)13-22-19-10-9-18(24-25-19)20(26)23-17-7-5-15(12-21)6-8-17/h2-11H,13H2,1H3,(H,22,25)(H,23,26). The number of hydrogen-bond donors (Lipinski definition) is 2. The molecule has 0 radical (unpaired) electrons. The summed E-state index contributed by atoms with van der Waals surface area (Å²) in [5, 5.41) is 22.7. The lowest BCUT2D eigenvalue weighted by Crippen LogP contribution is -2.14. The highest BCUT2D eigenvalue weighted by Gasteiger charge is 2.09. The molecule has 6 heteroatoms. The van der Waals surface area contributed by atoms with Gasteiger partial charge in [0.25, 0.3) is 5.91 Å². The van der Waals surface area contributed by atoms with Crippen LogP contribution in [0.25, 0.3) is 0 Å². The Bertz CT molecular complexity index is 943. The second-order valence-corrected chi connectivity index (χ2v) is 5.79. The van der Waals surface area contributed by atoms with Crippen molar-refractivity contribution < 1.29 is 4.79 Å². The molecule has 0 saturated carbocycles. The van der Waals surface area contributed by atoms with Crippen LogP contribution in [0.5, 0.6) is 0 Å². The first-order valence-electron chi connectivity index (χ1n) is 8.09. The number of benzene rings is 2. The van der Waals surface area contributed by atoms with E-state index in [4.69, 9.17) is 5.26 Å². The molecule has 0 bridgehead atoms. The van der Waals surface area contributed by atoms with Crippen LogP contribution in [0, 0.1) is 18.3 Å². The van der Waals surface area contributed by atoms with Crippen molar-refractivity contribution in [2.75, 3.05) is 10.6 Å². The molecule has 1 heterocycles. The smallest absolute Gasteiger partial charge is 0.276 e. The summed E-state index contributed by atoms with van der Waals surface area (Å²) in [6.07, 6.45) is 0. The lowest BCUT2D eigenvalue weighted by atomic mass is 10.1. The van der Waals surface area contributed by atoms with Crippen molar-refractivity contribution in [1.29, 1.82) is 5.26 Å². The van der Waals surface area contributed by atoms with Gasteiger partial charge in [0, 0.05) is 12.2 Å². The Hall–Kier alpha value is -3.72. The molecule has 1 aromatic heterocycles. The molecule has 2 N–H and O–H groups in total. The van der Waals surface area contributed by atoms with Crippen LogP contribution in [0.2, 0.25) is 0 Å². The molecule has 3 aromatic rings. The van der Waals surface area contributed by atoms with Gasteiger partial charge >= 0.3 is 0 Å². The summed E-state index contributed by atoms with van der Waals surface area (Å²) >= 11 is 0. The van der Waals surface area contributed by atoms with Crippen molar-refractivity contribution in [2.45, 2.75) is 13.5 Å². The van der Waals surface area contributed by atoms with E-state index in [0.29, 0.717) is 23.6 Å². The van der Waals surface area contributed by atoms with E-state index in [-0.39, 0.29) is 11.6 Å². The molecule has 0 aliphatic heterocycles. The number of carbonyl (C=O) groups excluding carboxylic acids is 1. The van der Waals surface area contributed by atoms with Gasteiger partial charge in [-0.1, -0.05) is 29.8 Å². The molecule has 3 rings (SSSR count). The Labute approximate surface area is 151 Å². The highest BCUT2D eigenvalue weighted by atomic mass is 16.1. The molecule has 0 aliphatic carbocycles. The minimum atomic E-state index is -0.354. The van der Waals surface area contributed by atoms with E-state index in [9.17, 15) is 4.79 Å². The molecule has 128 valence electrons. The number of aryl methyl sites for hydroxylation is 1. The van der Waals surface area contributed by atoms with Gasteiger partial charge in [0.15, 0.2) is 5.69 Å². The zero-order chi connectivity index (χ0) is 18.4. The number of carbonyl (C=O) groups is 1. The van der Waals surface area contributed by atoms with Crippen molar-refractivity contribution in [3.8, 4) is 6.07 Å². The Balaban J connectivity index is 1.59. The zero-order valence-electron chi connectivity index (χ0n) is 14.2. The minimum absolute atomic E-state index is 0.218. The summed E-state index contributed by atoms with van der Waals surface area (Å²) in [4.78, 5) is 12.2. The van der Waals surface area contributed by atoms with Crippen LogP contribution in [0.4, 0.5) is 11.5 Å². The van der Waals surface area contributed by atoms with E-state index in [1.807, 2.05) is 31.2 Å². The molecule has 0 aliphatic rings. The van der Waals surface area contributed by atoms with E-state index < -0.39 is 0 Å². The second-order valence-electron chi connectivity index (χ2n) is 5.79. The predicted octanol–water partition coefficient (Wildman–Crippen LogP) is 3.52. The Morgan fingerprint density at radius 2 is 1.88 bits per heavy atom. The van der Waals surface area contributed by atoms with Gasteiger partial charge < -0.3 is 10.6 Å². The van der Waals surface area contributed by atoms with E-state index in [1.165, 1.54) is 5.56 Å². The number of aromatic nitrogens is 2. The van der Waals surface area contributed by atoms with Crippen LogP contribution < -0.4 is 10.6 Å². The monoisotopic (exact) mass is 343 g/mol. The van der Waals surface area contributed by atoms with E-state index in [0.717, 1.165) is 5.56 Å². The summed E-state index contributed by atoms with van der Waals surface area (Å²) in [6.45, 7) is 2.68. The van der Waals surface area contributed by atoms with Crippen molar-refractivity contribution in [3.63, 3.8) is 0 Å². The second kappa shape index (κ2) is 7.90. The largest absolute Gasteiger partial charge is 0.365 e. The van der Waals surface area contributed by atoms with Crippen molar-refractivity contribution in [2.24, 2.45) is 0 Å². The minimum Gasteiger partial charge on any atom is -0.365 e. The zero-order valence-corrected chi connectivity index (χ0v) is 14.2. The highest BCUT2D eigenvalue weighted by Crippen LogP contribution is 2.11. The summed E-state index contributed by atoms with van der Waals surface area (Å²) in [6, 6.07) is 20.2. The maximum atomic E-state index is 12.2. The first-order valence-corrected chi connectivity index (χ1v) is 8.09. The van der Waals surface area contributed by atoms with Gasteiger partial charge in [-0.05, 0) is 48.9 Å². The Morgan fingerprint density at radius 3 is 2.54 bits per heavy atom. The molecule has 0 atom stereocenters. The number of anilines is 2. The molecule has 1 amide bonds. The summed E-state index contributed by atoms with van der Waals surface area (Å²) in [7, 11) is 0. The van der Waals surface area contributed by atoms with Crippen molar-refractivity contribution in [3.05, 3.63) is 83.0 Å². The Kier molecular flexibility index (Phi) is 5.20. The first kappa shape index (κ1) is 17.1. The number of nitrogens with one attached hydrogen (secondary N) is 2. The maximum Gasteiger partial charge on any atom is 0.276 e. The highest BCUT2D eigenvalue weighted by molar-refractivity contribution is 6.02. The fraction of sp³-hybridized carbons (Fsp3) is 0.100. The molecule has 2 aromatic carbocycles. The molecule has 0 unspecified atom stereocenters. The first-order chi connectivity index (χ1) is 12.6. The van der Waals surface area contributed by atoms with Gasteiger partial charge in [-0.15, -0.1) is 10.2 Å². The van der Waals surface area contributed by atoms with E-state index in [2.05, 4.69) is 26.9 Å². The van der Waals surface area contributed by atoms with Crippen LogP contribution in [0.1, 0.15) is 27.2 Å². The van der Waals surface area contributed by atoms with Crippen LogP contribution in [-0.2, 0) is 6.54 Å². The van der Waals surface area contributed by atoms with Crippen LogP contribution in [0.3, 0.4) is 0 Å². The molecule has 0 fully saturated rings. The van der Waals surface area contributed by atoms with Crippen LogP contribution in [-0.4, -0.2) is 16.1 Å². The number of nitriles is 1. The van der Waals surface area contributed by atoms with Crippen molar-refractivity contribution >= 4 is 17.4 Å². The fourth-order valence-corrected chi connectivity index (χ4v) is 2.39. The van der Waals surface area contributed by atoms with Gasteiger partial charge in [0.2, 0.25) is 0 Å². The lowest BCUT2D eigenvalue weighted by Gasteiger charge is -2.07. The quantitative estimate of drug-likeness (QED) is 0.739.